The highest BCUT2D eigenvalue weighted by Gasteiger charge is 2.32. The van der Waals surface area contributed by atoms with Crippen LogP contribution in [0.4, 0.5) is 24.7 Å². The number of amides is 1. The molecule has 0 aliphatic carbocycles. The largest absolute Gasteiger partial charge is 0.417 e. The summed E-state index contributed by atoms with van der Waals surface area (Å²) in [5.41, 5.74) is 1.90. The third kappa shape index (κ3) is 5.87. The summed E-state index contributed by atoms with van der Waals surface area (Å²) in [6.07, 6.45) is -3.33. The van der Waals surface area contributed by atoms with Crippen LogP contribution in [0.1, 0.15) is 12.0 Å². The minimum absolute atomic E-state index is 0.0141. The Morgan fingerprint density at radius 1 is 1.00 bits per heavy atom. The molecule has 0 atom stereocenters. The zero-order chi connectivity index (χ0) is 24.1. The second-order valence-electron chi connectivity index (χ2n) is 8.07. The van der Waals surface area contributed by atoms with Gasteiger partial charge in [-0.1, -0.05) is 60.1 Å². The van der Waals surface area contributed by atoms with Crippen molar-refractivity contribution in [3.8, 4) is 11.1 Å². The van der Waals surface area contributed by atoms with Crippen molar-refractivity contribution in [1.29, 1.82) is 0 Å². The van der Waals surface area contributed by atoms with E-state index in [1.54, 1.807) is 0 Å². The summed E-state index contributed by atoms with van der Waals surface area (Å²) < 4.78 is 38.5. The molecule has 1 N–H and O–H groups in total. The average molecular weight is 489 g/mol. The van der Waals surface area contributed by atoms with Gasteiger partial charge in [-0.25, -0.2) is 4.98 Å². The molecule has 178 valence electrons. The minimum atomic E-state index is -4.48. The summed E-state index contributed by atoms with van der Waals surface area (Å²) in [6, 6.07) is 18.5. The quantitative estimate of drug-likeness (QED) is 0.492. The van der Waals surface area contributed by atoms with Crippen LogP contribution in [-0.4, -0.2) is 48.5 Å². The molecule has 0 saturated carbocycles. The second kappa shape index (κ2) is 10.4. The van der Waals surface area contributed by atoms with E-state index in [4.69, 9.17) is 11.6 Å². The van der Waals surface area contributed by atoms with Gasteiger partial charge in [-0.3, -0.25) is 9.69 Å². The van der Waals surface area contributed by atoms with E-state index in [1.165, 1.54) is 0 Å². The summed E-state index contributed by atoms with van der Waals surface area (Å²) >= 11 is 6.07. The first-order valence-corrected chi connectivity index (χ1v) is 11.3. The van der Waals surface area contributed by atoms with Gasteiger partial charge in [-0.05, 0) is 17.7 Å². The van der Waals surface area contributed by atoms with E-state index in [0.717, 1.165) is 29.1 Å². The maximum absolute atomic E-state index is 12.8. The summed E-state index contributed by atoms with van der Waals surface area (Å²) in [5, 5.41) is 3.00. The molecule has 3 aromatic rings. The number of carbonyl (C=O) groups is 1. The highest BCUT2D eigenvalue weighted by molar-refractivity contribution is 6.33. The summed E-state index contributed by atoms with van der Waals surface area (Å²) in [6.45, 7) is 3.04. The highest BCUT2D eigenvalue weighted by Crippen LogP contribution is 2.34. The minimum Gasteiger partial charge on any atom is -0.353 e. The molecule has 1 amide bonds. The molecule has 1 saturated heterocycles. The lowest BCUT2D eigenvalue weighted by Crippen LogP contribution is -2.47. The molecule has 1 fully saturated rings. The van der Waals surface area contributed by atoms with Crippen LogP contribution in [0.5, 0.6) is 0 Å². The smallest absolute Gasteiger partial charge is 0.353 e. The van der Waals surface area contributed by atoms with Crippen LogP contribution in [0, 0.1) is 0 Å². The SMILES string of the molecule is O=C(CCN1CCN(c2ncc(C(F)(F)F)cc2Cl)CC1)Nc1ccccc1-c1ccccc1. The van der Waals surface area contributed by atoms with Crippen LogP contribution in [0.2, 0.25) is 5.02 Å². The van der Waals surface area contributed by atoms with Crippen molar-refractivity contribution >= 4 is 29.0 Å². The number of alkyl halides is 3. The number of para-hydroxylation sites is 1. The van der Waals surface area contributed by atoms with Gasteiger partial charge in [-0.2, -0.15) is 13.2 Å². The molecule has 5 nitrogen and oxygen atoms in total. The molecule has 0 unspecified atom stereocenters. The van der Waals surface area contributed by atoms with E-state index < -0.39 is 11.7 Å². The Morgan fingerprint density at radius 3 is 2.35 bits per heavy atom. The molecular weight excluding hydrogens is 465 g/mol. The van der Waals surface area contributed by atoms with E-state index in [0.29, 0.717) is 45.0 Å². The van der Waals surface area contributed by atoms with E-state index in [9.17, 15) is 18.0 Å². The van der Waals surface area contributed by atoms with Crippen molar-refractivity contribution in [3.63, 3.8) is 0 Å². The number of nitrogens with one attached hydrogen (secondary N) is 1. The molecule has 2 heterocycles. The van der Waals surface area contributed by atoms with Gasteiger partial charge in [0.2, 0.25) is 5.91 Å². The van der Waals surface area contributed by atoms with Crippen LogP contribution in [0.25, 0.3) is 11.1 Å². The Morgan fingerprint density at radius 2 is 1.68 bits per heavy atom. The molecule has 4 rings (SSSR count). The molecule has 1 aromatic heterocycles. The van der Waals surface area contributed by atoms with Crippen LogP contribution in [0.15, 0.2) is 66.9 Å². The molecule has 0 bridgehead atoms. The van der Waals surface area contributed by atoms with Crippen molar-refractivity contribution in [2.24, 2.45) is 0 Å². The number of rotatable bonds is 6. The monoisotopic (exact) mass is 488 g/mol. The van der Waals surface area contributed by atoms with Gasteiger partial charge in [-0.15, -0.1) is 0 Å². The first kappa shape index (κ1) is 24.0. The van der Waals surface area contributed by atoms with Gasteiger partial charge in [0, 0.05) is 56.6 Å². The molecule has 2 aromatic carbocycles. The maximum atomic E-state index is 12.8. The van der Waals surface area contributed by atoms with Gasteiger partial charge in [0.25, 0.3) is 0 Å². The van der Waals surface area contributed by atoms with Gasteiger partial charge in [0.1, 0.15) is 5.82 Å². The van der Waals surface area contributed by atoms with Crippen molar-refractivity contribution in [1.82, 2.24) is 9.88 Å². The van der Waals surface area contributed by atoms with E-state index in [2.05, 4.69) is 15.2 Å². The Labute approximate surface area is 201 Å². The van der Waals surface area contributed by atoms with Crippen molar-refractivity contribution in [2.45, 2.75) is 12.6 Å². The topological polar surface area (TPSA) is 48.5 Å². The zero-order valence-corrected chi connectivity index (χ0v) is 19.1. The van der Waals surface area contributed by atoms with Crippen LogP contribution in [-0.2, 0) is 11.0 Å². The third-order valence-corrected chi connectivity index (χ3v) is 6.04. The van der Waals surface area contributed by atoms with Gasteiger partial charge in [0.15, 0.2) is 0 Å². The maximum Gasteiger partial charge on any atom is 0.417 e. The Bertz CT molecular complexity index is 1130. The lowest BCUT2D eigenvalue weighted by atomic mass is 10.0. The Balaban J connectivity index is 1.29. The summed E-state index contributed by atoms with van der Waals surface area (Å²) in [5.74, 6) is 0.280. The number of anilines is 2. The van der Waals surface area contributed by atoms with Crippen molar-refractivity contribution in [2.75, 3.05) is 42.9 Å². The number of carbonyl (C=O) groups excluding carboxylic acids is 1. The van der Waals surface area contributed by atoms with Crippen LogP contribution >= 0.6 is 11.6 Å². The predicted octanol–water partition coefficient (Wildman–Crippen LogP) is 5.57. The fourth-order valence-electron chi connectivity index (χ4n) is 3.94. The van der Waals surface area contributed by atoms with Gasteiger partial charge < -0.3 is 10.2 Å². The Hall–Kier alpha value is -3.10. The Kier molecular flexibility index (Phi) is 7.38. The predicted molar refractivity (Wildman–Crippen MR) is 128 cm³/mol. The van der Waals surface area contributed by atoms with Crippen LogP contribution < -0.4 is 10.2 Å². The summed E-state index contributed by atoms with van der Waals surface area (Å²) in [7, 11) is 0. The number of hydrogen-bond donors (Lipinski definition) is 1. The second-order valence-corrected chi connectivity index (χ2v) is 8.47. The number of pyridine rings is 1. The zero-order valence-electron chi connectivity index (χ0n) is 18.4. The average Bonchev–Trinajstić information content (AvgIpc) is 2.83. The van der Waals surface area contributed by atoms with Gasteiger partial charge in [0.05, 0.1) is 10.6 Å². The molecule has 1 aliphatic rings. The normalized spacial score (nSPS) is 14.8. The molecule has 9 heteroatoms. The number of piperazine rings is 1. The number of benzene rings is 2. The molecule has 0 radical (unpaired) electrons. The molecular formula is C25H24ClF3N4O. The van der Waals surface area contributed by atoms with Crippen LogP contribution in [0.3, 0.4) is 0 Å². The number of hydrogen-bond acceptors (Lipinski definition) is 4. The van der Waals surface area contributed by atoms with Gasteiger partial charge >= 0.3 is 6.18 Å². The third-order valence-electron chi connectivity index (χ3n) is 5.76. The number of nitrogens with zero attached hydrogens (tertiary/aromatic N) is 3. The number of aromatic nitrogens is 1. The molecule has 1 aliphatic heterocycles. The van der Waals surface area contributed by atoms with E-state index in [1.807, 2.05) is 59.5 Å². The standard InChI is InChI=1S/C25H24ClF3N4O/c26-21-16-19(25(27,28)29)17-30-24(21)33-14-12-32(13-15-33)11-10-23(34)31-22-9-5-4-8-20(22)18-6-2-1-3-7-18/h1-9,16-17H,10-15H2,(H,31,34). The number of halogens is 4. The lowest BCUT2D eigenvalue weighted by molar-refractivity contribution is -0.137. The molecule has 0 spiro atoms. The summed E-state index contributed by atoms with van der Waals surface area (Å²) in [4.78, 5) is 20.6. The molecule has 34 heavy (non-hydrogen) atoms. The van der Waals surface area contributed by atoms with Crippen molar-refractivity contribution < 1.29 is 18.0 Å². The first-order chi connectivity index (χ1) is 16.3. The van der Waals surface area contributed by atoms with Crippen molar-refractivity contribution in [3.05, 3.63) is 77.4 Å². The first-order valence-electron chi connectivity index (χ1n) is 11.0. The fourth-order valence-corrected chi connectivity index (χ4v) is 4.22. The fraction of sp³-hybridized carbons (Fsp3) is 0.280. The lowest BCUT2D eigenvalue weighted by Gasteiger charge is -2.35. The highest BCUT2D eigenvalue weighted by atomic mass is 35.5. The van der Waals surface area contributed by atoms with E-state index >= 15 is 0 Å². The van der Waals surface area contributed by atoms with E-state index in [-0.39, 0.29) is 10.9 Å².